The Bertz CT molecular complexity index is 1050. The second kappa shape index (κ2) is 8.69. The zero-order valence-corrected chi connectivity index (χ0v) is 17.2. The van der Waals surface area contributed by atoms with Crippen molar-refractivity contribution in [2.75, 3.05) is 18.9 Å². The fraction of sp³-hybridized carbons (Fsp3) is 0.304. The number of hydrogen-bond acceptors (Lipinski definition) is 6. The van der Waals surface area contributed by atoms with Crippen molar-refractivity contribution in [3.05, 3.63) is 64.7 Å². The van der Waals surface area contributed by atoms with Crippen molar-refractivity contribution >= 4 is 29.3 Å². The molecule has 1 fully saturated rings. The summed E-state index contributed by atoms with van der Waals surface area (Å²) in [7, 11) is 1.92. The number of carbonyl (C=O) groups excluding carboxylic acids is 4. The van der Waals surface area contributed by atoms with E-state index in [0.29, 0.717) is 12.2 Å². The summed E-state index contributed by atoms with van der Waals surface area (Å²) < 4.78 is 0. The van der Waals surface area contributed by atoms with Crippen molar-refractivity contribution in [2.45, 2.75) is 31.8 Å². The largest absolute Gasteiger partial charge is 0.380 e. The quantitative estimate of drug-likeness (QED) is 0.586. The third kappa shape index (κ3) is 4.06. The van der Waals surface area contributed by atoms with E-state index >= 15 is 0 Å². The standard InChI is InChI=1S/C23H24N4O4/c1-24-12-11-14-5-7-15(8-6-14)13-25-17-4-2-3-16-20(17)23(31)27(22(16)30)18-9-10-19(28)26-21(18)29/h2-8,18,24-25H,9-13H2,1H3,(H,26,28,29). The molecule has 2 aromatic rings. The number of amides is 4. The molecule has 3 N–H and O–H groups in total. The van der Waals surface area contributed by atoms with E-state index in [1.807, 2.05) is 19.2 Å². The first kappa shape index (κ1) is 20.7. The molecule has 0 bridgehead atoms. The minimum Gasteiger partial charge on any atom is -0.380 e. The molecule has 2 aliphatic rings. The molecule has 2 aromatic carbocycles. The lowest BCUT2D eigenvalue weighted by Crippen LogP contribution is -2.54. The number of carbonyl (C=O) groups is 4. The van der Waals surface area contributed by atoms with Crippen LogP contribution in [0.15, 0.2) is 42.5 Å². The molecule has 0 saturated carbocycles. The number of fused-ring (bicyclic) bond motifs is 1. The van der Waals surface area contributed by atoms with Crippen molar-refractivity contribution in [3.63, 3.8) is 0 Å². The summed E-state index contributed by atoms with van der Waals surface area (Å²) in [6, 6.07) is 12.3. The highest BCUT2D eigenvalue weighted by molar-refractivity contribution is 6.25. The second-order valence-electron chi connectivity index (χ2n) is 7.70. The van der Waals surface area contributed by atoms with Gasteiger partial charge in [-0.05, 0) is 49.7 Å². The third-order valence-electron chi connectivity index (χ3n) is 5.64. The van der Waals surface area contributed by atoms with Crippen LogP contribution in [0.4, 0.5) is 5.69 Å². The van der Waals surface area contributed by atoms with E-state index in [9.17, 15) is 19.2 Å². The molecule has 0 spiro atoms. The summed E-state index contributed by atoms with van der Waals surface area (Å²) >= 11 is 0. The lowest BCUT2D eigenvalue weighted by Gasteiger charge is -2.27. The zero-order chi connectivity index (χ0) is 22.0. The molecule has 1 atom stereocenters. The van der Waals surface area contributed by atoms with E-state index in [2.05, 4.69) is 28.1 Å². The number of rotatable bonds is 7. The number of piperidine rings is 1. The second-order valence-corrected chi connectivity index (χ2v) is 7.70. The number of nitrogens with one attached hydrogen (secondary N) is 3. The van der Waals surface area contributed by atoms with E-state index in [1.54, 1.807) is 18.2 Å². The van der Waals surface area contributed by atoms with E-state index in [1.165, 1.54) is 5.56 Å². The first-order valence-corrected chi connectivity index (χ1v) is 10.3. The number of benzene rings is 2. The van der Waals surface area contributed by atoms with Crippen LogP contribution in [0.3, 0.4) is 0 Å². The Morgan fingerprint density at radius 1 is 1.00 bits per heavy atom. The van der Waals surface area contributed by atoms with Crippen LogP contribution in [-0.2, 0) is 22.6 Å². The van der Waals surface area contributed by atoms with Crippen LogP contribution in [0, 0.1) is 0 Å². The van der Waals surface area contributed by atoms with E-state index in [0.717, 1.165) is 23.4 Å². The molecule has 0 aliphatic carbocycles. The fourth-order valence-electron chi connectivity index (χ4n) is 3.95. The Hall–Kier alpha value is -3.52. The van der Waals surface area contributed by atoms with Gasteiger partial charge in [-0.15, -0.1) is 0 Å². The molecule has 8 heteroatoms. The van der Waals surface area contributed by atoms with Crippen molar-refractivity contribution in [1.82, 2.24) is 15.5 Å². The van der Waals surface area contributed by atoms with Gasteiger partial charge in [0.15, 0.2) is 0 Å². The van der Waals surface area contributed by atoms with Gasteiger partial charge in [0.05, 0.1) is 11.1 Å². The van der Waals surface area contributed by atoms with Crippen LogP contribution in [0.2, 0.25) is 0 Å². The lowest BCUT2D eigenvalue weighted by atomic mass is 10.0. The number of hydrogen-bond donors (Lipinski definition) is 3. The van der Waals surface area contributed by atoms with Gasteiger partial charge < -0.3 is 10.6 Å². The normalized spacial score (nSPS) is 18.2. The molecule has 4 amide bonds. The van der Waals surface area contributed by atoms with Gasteiger partial charge in [-0.2, -0.15) is 0 Å². The van der Waals surface area contributed by atoms with Gasteiger partial charge in [0, 0.05) is 18.7 Å². The minimum absolute atomic E-state index is 0.0965. The van der Waals surface area contributed by atoms with Crippen LogP contribution in [-0.4, -0.2) is 48.2 Å². The Kier molecular flexibility index (Phi) is 5.81. The summed E-state index contributed by atoms with van der Waals surface area (Å²) in [4.78, 5) is 50.6. The van der Waals surface area contributed by atoms with Crippen LogP contribution in [0.5, 0.6) is 0 Å². The maximum atomic E-state index is 13.1. The van der Waals surface area contributed by atoms with Gasteiger partial charge in [0.25, 0.3) is 11.8 Å². The maximum Gasteiger partial charge on any atom is 0.264 e. The SMILES string of the molecule is CNCCc1ccc(CNc2cccc3c2C(=O)N(C2CCC(=O)NC2=O)C3=O)cc1. The summed E-state index contributed by atoms with van der Waals surface area (Å²) in [6.07, 6.45) is 1.18. The molecule has 4 rings (SSSR count). The molecule has 1 saturated heterocycles. The van der Waals surface area contributed by atoms with Crippen LogP contribution in [0.1, 0.15) is 44.7 Å². The van der Waals surface area contributed by atoms with E-state index < -0.39 is 29.7 Å². The summed E-state index contributed by atoms with van der Waals surface area (Å²) in [5, 5.41) is 8.58. The molecule has 2 heterocycles. The fourth-order valence-corrected chi connectivity index (χ4v) is 3.95. The predicted octanol–water partition coefficient (Wildman–Crippen LogP) is 1.46. The van der Waals surface area contributed by atoms with E-state index in [4.69, 9.17) is 0 Å². The van der Waals surface area contributed by atoms with Crippen LogP contribution >= 0.6 is 0 Å². The molecule has 1 unspecified atom stereocenters. The topological polar surface area (TPSA) is 108 Å². The molecular weight excluding hydrogens is 396 g/mol. The van der Waals surface area contributed by atoms with Crippen LogP contribution < -0.4 is 16.0 Å². The average Bonchev–Trinajstić information content (AvgIpc) is 3.02. The molecule has 160 valence electrons. The molecule has 8 nitrogen and oxygen atoms in total. The Labute approximate surface area is 180 Å². The maximum absolute atomic E-state index is 13.1. The number of imide groups is 2. The molecule has 0 aromatic heterocycles. The summed E-state index contributed by atoms with van der Waals surface area (Å²) in [6.45, 7) is 1.40. The monoisotopic (exact) mass is 420 g/mol. The number of anilines is 1. The van der Waals surface area contributed by atoms with Gasteiger partial charge in [-0.25, -0.2) is 0 Å². The highest BCUT2D eigenvalue weighted by Gasteiger charge is 2.45. The average molecular weight is 420 g/mol. The van der Waals surface area contributed by atoms with E-state index in [-0.39, 0.29) is 24.0 Å². The highest BCUT2D eigenvalue weighted by Crippen LogP contribution is 2.32. The number of nitrogens with zero attached hydrogens (tertiary/aromatic N) is 1. The van der Waals surface area contributed by atoms with Gasteiger partial charge in [0.1, 0.15) is 6.04 Å². The van der Waals surface area contributed by atoms with Crippen molar-refractivity contribution in [2.24, 2.45) is 0 Å². The summed E-state index contributed by atoms with van der Waals surface area (Å²) in [5.41, 5.74) is 3.36. The van der Waals surface area contributed by atoms with Gasteiger partial charge in [0.2, 0.25) is 11.8 Å². The minimum atomic E-state index is -0.969. The lowest BCUT2D eigenvalue weighted by molar-refractivity contribution is -0.136. The molecule has 0 radical (unpaired) electrons. The predicted molar refractivity (Wildman–Crippen MR) is 115 cm³/mol. The Balaban J connectivity index is 1.51. The summed E-state index contributed by atoms with van der Waals surface area (Å²) in [5.74, 6) is -2.03. The van der Waals surface area contributed by atoms with Crippen molar-refractivity contribution in [1.29, 1.82) is 0 Å². The Morgan fingerprint density at radius 3 is 2.45 bits per heavy atom. The highest BCUT2D eigenvalue weighted by atomic mass is 16.2. The number of likely N-dealkylation sites (N-methyl/N-ethyl adjacent to an activating group) is 1. The zero-order valence-electron chi connectivity index (χ0n) is 17.2. The van der Waals surface area contributed by atoms with Crippen LogP contribution in [0.25, 0.3) is 0 Å². The van der Waals surface area contributed by atoms with Gasteiger partial charge in [-0.1, -0.05) is 30.3 Å². The molecular formula is C23H24N4O4. The van der Waals surface area contributed by atoms with Crippen molar-refractivity contribution in [3.8, 4) is 0 Å². The first-order chi connectivity index (χ1) is 15.0. The molecule has 31 heavy (non-hydrogen) atoms. The van der Waals surface area contributed by atoms with Gasteiger partial charge in [-0.3, -0.25) is 29.4 Å². The van der Waals surface area contributed by atoms with Crippen molar-refractivity contribution < 1.29 is 19.2 Å². The van der Waals surface area contributed by atoms with Gasteiger partial charge >= 0.3 is 0 Å². The third-order valence-corrected chi connectivity index (χ3v) is 5.64. The Morgan fingerprint density at radius 2 is 1.74 bits per heavy atom. The first-order valence-electron chi connectivity index (χ1n) is 10.3. The molecule has 2 aliphatic heterocycles. The smallest absolute Gasteiger partial charge is 0.264 e.